The number of morpholine rings is 1. The van der Waals surface area contributed by atoms with Crippen molar-refractivity contribution in [2.75, 3.05) is 26.3 Å². The van der Waals surface area contributed by atoms with Crippen molar-refractivity contribution in [3.8, 4) is 0 Å². The summed E-state index contributed by atoms with van der Waals surface area (Å²) in [6.07, 6.45) is 3.45. The molecule has 122 valence electrons. The van der Waals surface area contributed by atoms with Gasteiger partial charge < -0.3 is 14.1 Å². The lowest BCUT2D eigenvalue weighted by atomic mass is 10.2. The Bertz CT molecular complexity index is 701. The summed E-state index contributed by atoms with van der Waals surface area (Å²) in [5, 5.41) is 4.48. The van der Waals surface area contributed by atoms with Crippen LogP contribution in [0.3, 0.4) is 0 Å². The van der Waals surface area contributed by atoms with Gasteiger partial charge in [-0.25, -0.2) is 0 Å². The van der Waals surface area contributed by atoms with Gasteiger partial charge in [-0.3, -0.25) is 14.4 Å². The third-order valence-corrected chi connectivity index (χ3v) is 4.52. The lowest BCUT2D eigenvalue weighted by Gasteiger charge is -2.26. The van der Waals surface area contributed by atoms with Crippen LogP contribution in [-0.4, -0.2) is 51.8 Å². The molecule has 0 N–H and O–H groups in total. The van der Waals surface area contributed by atoms with Gasteiger partial charge in [0.15, 0.2) is 5.69 Å². The van der Waals surface area contributed by atoms with Crippen molar-refractivity contribution in [3.05, 3.63) is 41.1 Å². The highest BCUT2D eigenvalue weighted by molar-refractivity contribution is 5.94. The summed E-state index contributed by atoms with van der Waals surface area (Å²) < 4.78 is 12.3. The third-order valence-electron chi connectivity index (χ3n) is 4.52. The van der Waals surface area contributed by atoms with E-state index >= 15 is 0 Å². The van der Waals surface area contributed by atoms with E-state index in [2.05, 4.69) is 10.00 Å². The van der Waals surface area contributed by atoms with E-state index in [9.17, 15) is 4.79 Å². The number of rotatable bonds is 3. The van der Waals surface area contributed by atoms with Crippen molar-refractivity contribution < 1.29 is 13.9 Å². The first-order valence-corrected chi connectivity index (χ1v) is 7.87. The molecule has 0 aromatic carbocycles. The van der Waals surface area contributed by atoms with Crippen molar-refractivity contribution in [2.24, 2.45) is 7.05 Å². The molecule has 0 bridgehead atoms. The van der Waals surface area contributed by atoms with Gasteiger partial charge in [0.05, 0.1) is 31.4 Å². The van der Waals surface area contributed by atoms with E-state index < -0.39 is 0 Å². The second kappa shape index (κ2) is 5.82. The number of aromatic nitrogens is 2. The van der Waals surface area contributed by atoms with E-state index in [1.807, 2.05) is 22.7 Å². The highest BCUT2D eigenvalue weighted by atomic mass is 16.5. The van der Waals surface area contributed by atoms with Crippen LogP contribution >= 0.6 is 0 Å². The van der Waals surface area contributed by atoms with Gasteiger partial charge in [-0.05, 0) is 6.07 Å². The predicted octanol–water partition coefficient (Wildman–Crippen LogP) is 1.00. The van der Waals surface area contributed by atoms with Crippen LogP contribution in [0.1, 0.15) is 27.3 Å². The Labute approximate surface area is 134 Å². The molecule has 4 rings (SSSR count). The maximum Gasteiger partial charge on any atom is 0.274 e. The van der Waals surface area contributed by atoms with E-state index in [1.54, 1.807) is 12.5 Å². The zero-order valence-electron chi connectivity index (χ0n) is 13.2. The molecular formula is C16H20N4O3. The Morgan fingerprint density at radius 3 is 2.87 bits per heavy atom. The first kappa shape index (κ1) is 14.5. The lowest BCUT2D eigenvalue weighted by Crippen LogP contribution is -2.41. The maximum atomic E-state index is 12.8. The van der Waals surface area contributed by atoms with Gasteiger partial charge >= 0.3 is 0 Å². The quantitative estimate of drug-likeness (QED) is 0.845. The number of furan rings is 1. The van der Waals surface area contributed by atoms with Crippen LogP contribution in [0.25, 0.3) is 0 Å². The molecule has 0 aliphatic carbocycles. The fraction of sp³-hybridized carbons (Fsp3) is 0.500. The molecule has 7 nitrogen and oxygen atoms in total. The molecule has 1 saturated heterocycles. The molecule has 23 heavy (non-hydrogen) atoms. The molecule has 2 aliphatic heterocycles. The average molecular weight is 316 g/mol. The number of hydrogen-bond donors (Lipinski definition) is 0. The summed E-state index contributed by atoms with van der Waals surface area (Å²) >= 11 is 0. The molecule has 2 aromatic heterocycles. The first-order valence-electron chi connectivity index (χ1n) is 7.87. The van der Waals surface area contributed by atoms with Crippen LogP contribution in [0.15, 0.2) is 23.0 Å². The second-order valence-corrected chi connectivity index (χ2v) is 6.08. The van der Waals surface area contributed by atoms with Gasteiger partial charge in [0.25, 0.3) is 5.91 Å². The summed E-state index contributed by atoms with van der Waals surface area (Å²) in [7, 11) is 1.91. The summed E-state index contributed by atoms with van der Waals surface area (Å²) in [6, 6.07) is 1.97. The zero-order chi connectivity index (χ0) is 15.8. The number of aryl methyl sites for hydroxylation is 1. The first-order chi connectivity index (χ1) is 11.2. The number of hydrogen-bond acceptors (Lipinski definition) is 5. The van der Waals surface area contributed by atoms with Crippen LogP contribution in [0.4, 0.5) is 0 Å². The molecule has 1 amide bonds. The molecule has 2 aliphatic rings. The fourth-order valence-electron chi connectivity index (χ4n) is 3.30. The highest BCUT2D eigenvalue weighted by Crippen LogP contribution is 2.27. The van der Waals surface area contributed by atoms with Crippen LogP contribution in [0.5, 0.6) is 0 Å². The molecule has 0 spiro atoms. The zero-order valence-corrected chi connectivity index (χ0v) is 13.2. The topological polar surface area (TPSA) is 63.7 Å². The Morgan fingerprint density at radius 1 is 1.30 bits per heavy atom. The number of amides is 1. The van der Waals surface area contributed by atoms with Gasteiger partial charge in [-0.15, -0.1) is 0 Å². The van der Waals surface area contributed by atoms with Crippen LogP contribution in [0.2, 0.25) is 0 Å². The van der Waals surface area contributed by atoms with Crippen molar-refractivity contribution in [2.45, 2.75) is 19.6 Å². The molecular weight excluding hydrogens is 296 g/mol. The Kier molecular flexibility index (Phi) is 3.66. The number of carbonyl (C=O) groups is 1. The summed E-state index contributed by atoms with van der Waals surface area (Å²) in [6.45, 7) is 4.86. The minimum Gasteiger partial charge on any atom is -0.472 e. The van der Waals surface area contributed by atoms with Gasteiger partial charge in [-0.2, -0.15) is 5.10 Å². The molecule has 0 radical (unpaired) electrons. The lowest BCUT2D eigenvalue weighted by molar-refractivity contribution is 0.0297. The normalized spacial score (nSPS) is 18.4. The summed E-state index contributed by atoms with van der Waals surface area (Å²) in [4.78, 5) is 16.9. The highest BCUT2D eigenvalue weighted by Gasteiger charge is 2.32. The molecule has 4 heterocycles. The van der Waals surface area contributed by atoms with Gasteiger partial charge in [0.2, 0.25) is 0 Å². The second-order valence-electron chi connectivity index (χ2n) is 6.08. The molecule has 7 heteroatoms. The predicted molar refractivity (Wildman–Crippen MR) is 81.6 cm³/mol. The maximum absolute atomic E-state index is 12.8. The SMILES string of the molecule is Cn1nc(C(=O)N2CCOCC2)c2c1CN(Cc1ccoc1)C2. The standard InChI is InChI=1S/C16H20N4O3/c1-18-14-10-19(8-12-2-5-23-11-12)9-13(14)15(17-18)16(21)20-3-6-22-7-4-20/h2,5,11H,3-4,6-10H2,1H3. The van der Waals surface area contributed by atoms with Crippen molar-refractivity contribution in [1.29, 1.82) is 0 Å². The summed E-state index contributed by atoms with van der Waals surface area (Å²) in [5.41, 5.74) is 3.93. The Morgan fingerprint density at radius 2 is 2.13 bits per heavy atom. The van der Waals surface area contributed by atoms with Crippen LogP contribution in [-0.2, 0) is 31.4 Å². The van der Waals surface area contributed by atoms with E-state index in [4.69, 9.17) is 9.15 Å². The van der Waals surface area contributed by atoms with Crippen LogP contribution < -0.4 is 0 Å². The fourth-order valence-corrected chi connectivity index (χ4v) is 3.30. The molecule has 0 saturated carbocycles. The van der Waals surface area contributed by atoms with E-state index in [1.165, 1.54) is 0 Å². The smallest absolute Gasteiger partial charge is 0.274 e. The molecule has 0 atom stereocenters. The largest absolute Gasteiger partial charge is 0.472 e. The Hall–Kier alpha value is -2.12. The van der Waals surface area contributed by atoms with Crippen molar-refractivity contribution >= 4 is 5.91 Å². The minimum atomic E-state index is 0.0234. The minimum absolute atomic E-state index is 0.0234. The van der Waals surface area contributed by atoms with E-state index in [-0.39, 0.29) is 5.91 Å². The van der Waals surface area contributed by atoms with Crippen molar-refractivity contribution in [3.63, 3.8) is 0 Å². The number of carbonyl (C=O) groups excluding carboxylic acids is 1. The van der Waals surface area contributed by atoms with Crippen LogP contribution in [0, 0.1) is 0 Å². The third kappa shape index (κ3) is 2.66. The number of fused-ring (bicyclic) bond motifs is 1. The monoisotopic (exact) mass is 316 g/mol. The van der Waals surface area contributed by atoms with Crippen molar-refractivity contribution in [1.82, 2.24) is 19.6 Å². The van der Waals surface area contributed by atoms with E-state index in [0.717, 1.165) is 36.5 Å². The summed E-state index contributed by atoms with van der Waals surface area (Å²) in [5.74, 6) is 0.0234. The molecule has 2 aromatic rings. The van der Waals surface area contributed by atoms with Gasteiger partial charge in [-0.1, -0.05) is 0 Å². The average Bonchev–Trinajstić information content (AvgIpc) is 3.28. The number of nitrogens with zero attached hydrogens (tertiary/aromatic N) is 4. The van der Waals surface area contributed by atoms with Gasteiger partial charge in [0.1, 0.15) is 0 Å². The van der Waals surface area contributed by atoms with E-state index in [0.29, 0.717) is 32.0 Å². The number of ether oxygens (including phenoxy) is 1. The molecule has 1 fully saturated rings. The van der Waals surface area contributed by atoms with Gasteiger partial charge in [0, 0.05) is 50.9 Å². The molecule has 0 unspecified atom stereocenters. The Balaban J connectivity index is 1.53.